The predicted octanol–water partition coefficient (Wildman–Crippen LogP) is 1.04. The van der Waals surface area contributed by atoms with Crippen LogP contribution in [-0.4, -0.2) is 80.5 Å². The zero-order chi connectivity index (χ0) is 33.5. The molecule has 0 bridgehead atoms. The van der Waals surface area contributed by atoms with Gasteiger partial charge in [0.25, 0.3) is 0 Å². The molecule has 0 radical (unpaired) electrons. The number of H-pyrrole nitrogens is 1. The normalized spacial score (nSPS) is 17.1. The van der Waals surface area contributed by atoms with E-state index in [1.165, 1.54) is 17.0 Å². The molecule has 1 aliphatic rings. The van der Waals surface area contributed by atoms with Crippen molar-refractivity contribution in [3.8, 4) is 5.75 Å². The lowest BCUT2D eigenvalue weighted by Crippen LogP contribution is -2.58. The van der Waals surface area contributed by atoms with Crippen LogP contribution in [0.15, 0.2) is 85.1 Å². The van der Waals surface area contributed by atoms with Gasteiger partial charge in [-0.1, -0.05) is 60.7 Å². The SMILES string of the molecule is NC(=O)[C@@H](O)[C@@H](Cc1ccccc1)NC(=O)[C@H](Cc1c[nH]c2ccccc12)NC(=O)[C@@H]1CCCN1C(=O)[C@@H](N)Cc1ccc(O)cc1. The number of nitrogens with one attached hydrogen (secondary N) is 3. The number of hydrogen-bond donors (Lipinski definition) is 7. The number of para-hydroxylation sites is 1. The van der Waals surface area contributed by atoms with E-state index in [4.69, 9.17) is 11.5 Å². The zero-order valence-corrected chi connectivity index (χ0v) is 25.8. The molecular formula is C35H40N6O6. The van der Waals surface area contributed by atoms with Crippen LogP contribution in [-0.2, 0) is 38.4 Å². The van der Waals surface area contributed by atoms with Crippen molar-refractivity contribution in [2.75, 3.05) is 6.54 Å². The minimum absolute atomic E-state index is 0.0906. The smallest absolute Gasteiger partial charge is 0.248 e. The fourth-order valence-electron chi connectivity index (χ4n) is 6.08. The van der Waals surface area contributed by atoms with Gasteiger partial charge in [0.15, 0.2) is 6.10 Å². The summed E-state index contributed by atoms with van der Waals surface area (Å²) in [5.41, 5.74) is 14.9. The van der Waals surface area contributed by atoms with Crippen molar-refractivity contribution in [3.05, 3.63) is 102 Å². The third-order valence-electron chi connectivity index (χ3n) is 8.58. The highest BCUT2D eigenvalue weighted by molar-refractivity contribution is 5.94. The molecule has 0 unspecified atom stereocenters. The number of carbonyl (C=O) groups is 4. The van der Waals surface area contributed by atoms with Crippen LogP contribution in [0.3, 0.4) is 0 Å². The monoisotopic (exact) mass is 640 g/mol. The molecular weight excluding hydrogens is 600 g/mol. The molecule has 0 saturated carbocycles. The van der Waals surface area contributed by atoms with Gasteiger partial charge in [-0.05, 0) is 60.6 Å². The van der Waals surface area contributed by atoms with Crippen LogP contribution in [0, 0.1) is 0 Å². The largest absolute Gasteiger partial charge is 0.508 e. The molecule has 0 spiro atoms. The van der Waals surface area contributed by atoms with Crippen LogP contribution in [0.1, 0.15) is 29.5 Å². The molecule has 0 aliphatic carbocycles. The quantitative estimate of drug-likeness (QED) is 0.113. The summed E-state index contributed by atoms with van der Waals surface area (Å²) in [5.74, 6) is -2.41. The highest BCUT2D eigenvalue weighted by Crippen LogP contribution is 2.22. The first-order valence-electron chi connectivity index (χ1n) is 15.6. The van der Waals surface area contributed by atoms with Gasteiger partial charge in [-0.15, -0.1) is 0 Å². The summed E-state index contributed by atoms with van der Waals surface area (Å²) >= 11 is 0. The van der Waals surface area contributed by atoms with Crippen LogP contribution < -0.4 is 22.1 Å². The molecule has 5 rings (SSSR count). The van der Waals surface area contributed by atoms with Gasteiger partial charge in [0.2, 0.25) is 23.6 Å². The standard InChI is InChI=1S/C35H40N6O6/c36-26(17-22-12-14-24(42)15-13-22)35(47)41-16-6-11-30(41)34(46)40-29(19-23-20-38-27-10-5-4-9-25(23)27)33(45)39-28(31(43)32(37)44)18-21-7-2-1-3-8-21/h1-5,7-10,12-15,20,26,28-31,38,42-43H,6,11,16-19,36H2,(H2,37,44)(H,39,45)(H,40,46)/t26-,28+,29-,30-,31-/m0/s1. The van der Waals surface area contributed by atoms with E-state index in [9.17, 15) is 29.4 Å². The lowest BCUT2D eigenvalue weighted by molar-refractivity contribution is -0.140. The number of likely N-dealkylation sites (tertiary alicyclic amines) is 1. The van der Waals surface area contributed by atoms with Gasteiger partial charge in [0, 0.05) is 30.1 Å². The summed E-state index contributed by atoms with van der Waals surface area (Å²) in [6, 6.07) is 19.1. The maximum Gasteiger partial charge on any atom is 0.248 e. The third-order valence-corrected chi connectivity index (χ3v) is 8.58. The number of aromatic nitrogens is 1. The number of aliphatic hydroxyl groups is 1. The molecule has 2 heterocycles. The first-order chi connectivity index (χ1) is 22.6. The molecule has 12 nitrogen and oxygen atoms in total. The van der Waals surface area contributed by atoms with Crippen LogP contribution in [0.2, 0.25) is 0 Å². The number of nitrogens with zero attached hydrogens (tertiary/aromatic N) is 1. The summed E-state index contributed by atoms with van der Waals surface area (Å²) in [5, 5.41) is 26.7. The third kappa shape index (κ3) is 8.15. The number of benzene rings is 3. The average molecular weight is 641 g/mol. The van der Waals surface area contributed by atoms with E-state index >= 15 is 0 Å². The number of carbonyl (C=O) groups excluding carboxylic acids is 4. The number of hydrogen-bond acceptors (Lipinski definition) is 7. The minimum atomic E-state index is -1.68. The predicted molar refractivity (Wildman–Crippen MR) is 176 cm³/mol. The van der Waals surface area contributed by atoms with Crippen LogP contribution >= 0.6 is 0 Å². The van der Waals surface area contributed by atoms with Gasteiger partial charge in [-0.3, -0.25) is 19.2 Å². The van der Waals surface area contributed by atoms with Crippen molar-refractivity contribution >= 4 is 34.5 Å². The lowest BCUT2D eigenvalue weighted by Gasteiger charge is -2.29. The van der Waals surface area contributed by atoms with E-state index in [0.29, 0.717) is 19.4 Å². The Labute approximate surface area is 272 Å². The average Bonchev–Trinajstić information content (AvgIpc) is 3.73. The molecule has 47 heavy (non-hydrogen) atoms. The number of aromatic amines is 1. The minimum Gasteiger partial charge on any atom is -0.508 e. The number of primary amides is 1. The van der Waals surface area contributed by atoms with Gasteiger partial charge in [-0.2, -0.15) is 0 Å². The van der Waals surface area contributed by atoms with Gasteiger partial charge in [0.05, 0.1) is 12.1 Å². The Morgan fingerprint density at radius 3 is 2.30 bits per heavy atom. The maximum absolute atomic E-state index is 13.9. The van der Waals surface area contributed by atoms with Crippen molar-refractivity contribution in [1.29, 1.82) is 0 Å². The number of rotatable bonds is 13. The summed E-state index contributed by atoms with van der Waals surface area (Å²) in [6.07, 6.45) is 1.50. The molecule has 3 aromatic carbocycles. The molecule has 1 aromatic heterocycles. The summed E-state index contributed by atoms with van der Waals surface area (Å²) in [4.78, 5) is 57.8. The lowest BCUT2D eigenvalue weighted by atomic mass is 9.99. The Hall–Kier alpha value is -5.20. The second kappa shape index (κ2) is 14.9. The highest BCUT2D eigenvalue weighted by Gasteiger charge is 2.38. The molecule has 4 amide bonds. The number of phenols is 1. The second-order valence-electron chi connectivity index (χ2n) is 11.9. The molecule has 12 heteroatoms. The number of amides is 4. The van der Waals surface area contributed by atoms with Crippen LogP contribution in [0.4, 0.5) is 0 Å². The van der Waals surface area contributed by atoms with Gasteiger partial charge in [-0.25, -0.2) is 0 Å². The Kier molecular flexibility index (Phi) is 10.5. The van der Waals surface area contributed by atoms with Crippen molar-refractivity contribution in [1.82, 2.24) is 20.5 Å². The van der Waals surface area contributed by atoms with Crippen molar-refractivity contribution in [3.63, 3.8) is 0 Å². The van der Waals surface area contributed by atoms with Gasteiger partial charge < -0.3 is 42.2 Å². The summed E-state index contributed by atoms with van der Waals surface area (Å²) in [7, 11) is 0. The van der Waals surface area contributed by atoms with Gasteiger partial charge >= 0.3 is 0 Å². The van der Waals surface area contributed by atoms with Crippen LogP contribution in [0.25, 0.3) is 10.9 Å². The number of aromatic hydroxyl groups is 1. The van der Waals surface area contributed by atoms with E-state index in [1.807, 2.05) is 30.3 Å². The topological polar surface area (TPSA) is 204 Å². The number of aliphatic hydroxyl groups excluding tert-OH is 1. The Balaban J connectivity index is 1.35. The molecule has 1 saturated heterocycles. The Morgan fingerprint density at radius 2 is 1.57 bits per heavy atom. The molecule has 4 aromatic rings. The number of nitrogens with two attached hydrogens (primary N) is 2. The summed E-state index contributed by atoms with van der Waals surface area (Å²) < 4.78 is 0. The second-order valence-corrected chi connectivity index (χ2v) is 11.9. The molecule has 1 fully saturated rings. The van der Waals surface area contributed by atoms with Gasteiger partial charge in [0.1, 0.15) is 17.8 Å². The van der Waals surface area contributed by atoms with Crippen molar-refractivity contribution in [2.24, 2.45) is 11.5 Å². The fraction of sp³-hybridized carbons (Fsp3) is 0.314. The number of fused-ring (bicyclic) bond motifs is 1. The Morgan fingerprint density at radius 1 is 0.894 bits per heavy atom. The first-order valence-corrected chi connectivity index (χ1v) is 15.6. The molecule has 5 atom stereocenters. The van der Waals surface area contributed by atoms with E-state index < -0.39 is 48.0 Å². The first kappa shape index (κ1) is 33.2. The van der Waals surface area contributed by atoms with Crippen molar-refractivity contribution in [2.45, 2.75) is 62.4 Å². The van der Waals surface area contributed by atoms with E-state index in [0.717, 1.165) is 27.6 Å². The zero-order valence-electron chi connectivity index (χ0n) is 25.8. The molecule has 246 valence electrons. The summed E-state index contributed by atoms with van der Waals surface area (Å²) in [6.45, 7) is 0.337. The molecule has 9 N–H and O–H groups in total. The Bertz CT molecular complexity index is 1710. The van der Waals surface area contributed by atoms with Crippen molar-refractivity contribution < 1.29 is 29.4 Å². The molecule has 1 aliphatic heterocycles. The van der Waals surface area contributed by atoms with E-state index in [-0.39, 0.29) is 30.9 Å². The maximum atomic E-state index is 13.9. The number of phenolic OH excluding ortho intramolecular Hbond substituents is 1. The van der Waals surface area contributed by atoms with Crippen LogP contribution in [0.5, 0.6) is 5.75 Å². The highest BCUT2D eigenvalue weighted by atomic mass is 16.3. The van der Waals surface area contributed by atoms with E-state index in [1.54, 1.807) is 42.6 Å². The van der Waals surface area contributed by atoms with E-state index in [2.05, 4.69) is 15.6 Å². The fourth-order valence-corrected chi connectivity index (χ4v) is 6.08.